The molecule has 1 spiro atoms. The van der Waals surface area contributed by atoms with Gasteiger partial charge in [0.25, 0.3) is 0 Å². The first kappa shape index (κ1) is 29.7. The van der Waals surface area contributed by atoms with Crippen molar-refractivity contribution in [3.63, 3.8) is 0 Å². The molecule has 0 atom stereocenters. The zero-order chi connectivity index (χ0) is 32.0. The molecular formula is C35H35F2N7O2. The molecule has 236 valence electrons. The summed E-state index contributed by atoms with van der Waals surface area (Å²) in [4.78, 5) is 26.3. The lowest BCUT2D eigenvalue weighted by Crippen LogP contribution is -2.72. The number of anilines is 2. The van der Waals surface area contributed by atoms with E-state index in [2.05, 4.69) is 38.0 Å². The van der Waals surface area contributed by atoms with Gasteiger partial charge in [-0.05, 0) is 49.6 Å². The number of hydrogen-bond acceptors (Lipinski definition) is 7. The summed E-state index contributed by atoms with van der Waals surface area (Å²) >= 11 is 0. The van der Waals surface area contributed by atoms with E-state index in [1.54, 1.807) is 16.8 Å². The lowest BCUT2D eigenvalue weighted by Gasteiger charge is -2.56. The van der Waals surface area contributed by atoms with Gasteiger partial charge in [-0.3, -0.25) is 9.20 Å². The molecule has 0 aliphatic carbocycles. The molecule has 0 saturated carbocycles. The second kappa shape index (κ2) is 11.8. The number of carbonyl (C=O) groups excluding carboxylic acids is 1. The van der Waals surface area contributed by atoms with Gasteiger partial charge in [-0.15, -0.1) is 6.42 Å². The van der Waals surface area contributed by atoms with Crippen LogP contribution in [0.3, 0.4) is 0 Å². The van der Waals surface area contributed by atoms with Gasteiger partial charge in [0.15, 0.2) is 23.0 Å². The van der Waals surface area contributed by atoms with E-state index < -0.39 is 11.6 Å². The van der Waals surface area contributed by atoms with Crippen molar-refractivity contribution in [2.45, 2.75) is 19.8 Å². The Kier molecular flexibility index (Phi) is 7.61. The highest BCUT2D eigenvalue weighted by atomic mass is 19.2. The van der Waals surface area contributed by atoms with E-state index in [0.717, 1.165) is 74.6 Å². The Morgan fingerprint density at radius 3 is 2.63 bits per heavy atom. The van der Waals surface area contributed by atoms with Crippen LogP contribution in [0.1, 0.15) is 24.0 Å². The summed E-state index contributed by atoms with van der Waals surface area (Å²) in [6.07, 6.45) is 11.5. The number of hydrogen-bond donors (Lipinski definition) is 2. The summed E-state index contributed by atoms with van der Waals surface area (Å²) in [5, 5.41) is 6.64. The Labute approximate surface area is 266 Å². The van der Waals surface area contributed by atoms with E-state index in [9.17, 15) is 9.18 Å². The Hall–Kier alpha value is -4.95. The van der Waals surface area contributed by atoms with Crippen molar-refractivity contribution in [2.24, 2.45) is 11.3 Å². The minimum absolute atomic E-state index is 0.0301. The molecule has 0 radical (unpaired) electrons. The van der Waals surface area contributed by atoms with E-state index in [1.165, 1.54) is 18.3 Å². The number of terminal acetylenes is 1. The number of fused-ring (bicyclic) bond motifs is 1. The molecule has 0 bridgehead atoms. The molecule has 2 aromatic heterocycles. The maximum atomic E-state index is 15.0. The number of rotatable bonds is 8. The van der Waals surface area contributed by atoms with Gasteiger partial charge in [-0.2, -0.15) is 4.39 Å². The summed E-state index contributed by atoms with van der Waals surface area (Å²) in [7, 11) is 0. The largest absolute Gasteiger partial charge is 0.478 e. The summed E-state index contributed by atoms with van der Waals surface area (Å²) in [5.41, 5.74) is 5.00. The third-order valence-corrected chi connectivity index (χ3v) is 9.45. The molecule has 2 N–H and O–H groups in total. The van der Waals surface area contributed by atoms with Crippen molar-refractivity contribution >= 4 is 28.8 Å². The van der Waals surface area contributed by atoms with E-state index >= 15 is 4.39 Å². The number of piperidine rings is 1. The number of benzene rings is 2. The van der Waals surface area contributed by atoms with Crippen LogP contribution >= 0.6 is 0 Å². The number of halogens is 2. The van der Waals surface area contributed by atoms with E-state index in [-0.39, 0.29) is 23.8 Å². The molecule has 3 saturated heterocycles. The standard InChI is InChI=1S/C35H35F2N7O2/c1-4-15-46-29-8-7-27(30(36)31(29)37)28-17-40-33-32(39-11-14-44(28)33)41-25-5-6-26(22(2)16-25)23(3)42-12-9-24(10-13-42)34(45)43-20-35(21-43)18-38-19-35/h1,5-8,11,14,16-17,24,38H,3,9-10,12-13,15,18-21H2,2H3,(H,39,41). The van der Waals surface area contributed by atoms with Gasteiger partial charge in [0.1, 0.15) is 6.61 Å². The highest BCUT2D eigenvalue weighted by Gasteiger charge is 2.50. The van der Waals surface area contributed by atoms with E-state index in [4.69, 9.17) is 11.2 Å². The van der Waals surface area contributed by atoms with Crippen molar-refractivity contribution in [3.8, 4) is 29.4 Å². The molecule has 7 rings (SSSR count). The average molecular weight is 624 g/mol. The lowest BCUT2D eigenvalue weighted by molar-refractivity contribution is -0.152. The SMILES string of the molecule is C#CCOc1ccc(-c2cnc3c(Nc4ccc(C(=C)N5CCC(C(=O)N6CC7(CNC7)C6)CC5)c(C)c4)nccn23)c(F)c1F. The number of nitrogens with one attached hydrogen (secondary N) is 2. The third-order valence-electron chi connectivity index (χ3n) is 9.45. The maximum Gasteiger partial charge on any atom is 0.225 e. The first-order valence-corrected chi connectivity index (χ1v) is 15.4. The van der Waals surface area contributed by atoms with Gasteiger partial charge < -0.3 is 25.2 Å². The van der Waals surface area contributed by atoms with Gasteiger partial charge in [-0.25, -0.2) is 14.4 Å². The van der Waals surface area contributed by atoms with Crippen LogP contribution in [0.5, 0.6) is 5.75 Å². The van der Waals surface area contributed by atoms with Gasteiger partial charge >= 0.3 is 0 Å². The molecule has 46 heavy (non-hydrogen) atoms. The number of amides is 1. The molecule has 3 fully saturated rings. The monoisotopic (exact) mass is 623 g/mol. The zero-order valence-electron chi connectivity index (χ0n) is 25.7. The van der Waals surface area contributed by atoms with Gasteiger partial charge in [0.2, 0.25) is 11.7 Å². The van der Waals surface area contributed by atoms with Crippen LogP contribution in [0.4, 0.5) is 20.3 Å². The molecule has 2 aromatic carbocycles. The number of nitrogens with zero attached hydrogens (tertiary/aromatic N) is 5. The molecule has 4 aromatic rings. The number of ether oxygens (including phenoxy) is 1. The topological polar surface area (TPSA) is 87.0 Å². The third kappa shape index (κ3) is 5.22. The molecule has 3 aliphatic rings. The highest BCUT2D eigenvalue weighted by Crippen LogP contribution is 2.37. The Morgan fingerprint density at radius 1 is 1.15 bits per heavy atom. The van der Waals surface area contributed by atoms with Gasteiger partial charge in [-0.1, -0.05) is 18.6 Å². The van der Waals surface area contributed by atoms with Crippen LogP contribution < -0.4 is 15.4 Å². The second-order valence-electron chi connectivity index (χ2n) is 12.5. The quantitative estimate of drug-likeness (QED) is 0.272. The summed E-state index contributed by atoms with van der Waals surface area (Å²) in [6, 6.07) is 8.79. The fourth-order valence-electron chi connectivity index (χ4n) is 6.82. The average Bonchev–Trinajstić information content (AvgIpc) is 3.45. The summed E-state index contributed by atoms with van der Waals surface area (Å²) in [5.74, 6) is 0.676. The fourth-order valence-corrected chi connectivity index (χ4v) is 6.82. The minimum atomic E-state index is -1.11. The van der Waals surface area contributed by atoms with Crippen molar-refractivity contribution in [1.29, 1.82) is 0 Å². The zero-order valence-corrected chi connectivity index (χ0v) is 25.7. The number of likely N-dealkylation sites (tertiary alicyclic amines) is 2. The summed E-state index contributed by atoms with van der Waals surface area (Å²) in [6.45, 7) is 11.7. The molecule has 0 unspecified atom stereocenters. The normalized spacial score (nSPS) is 17.3. The van der Waals surface area contributed by atoms with Crippen LogP contribution in [0.25, 0.3) is 22.6 Å². The number of aromatic nitrogens is 3. The van der Waals surface area contributed by atoms with Crippen molar-refractivity contribution in [3.05, 3.63) is 78.3 Å². The van der Waals surface area contributed by atoms with Gasteiger partial charge in [0, 0.05) is 85.5 Å². The van der Waals surface area contributed by atoms with Crippen molar-refractivity contribution < 1.29 is 18.3 Å². The van der Waals surface area contributed by atoms with E-state index in [1.807, 2.05) is 30.0 Å². The molecule has 9 nitrogen and oxygen atoms in total. The molecule has 11 heteroatoms. The molecular weight excluding hydrogens is 588 g/mol. The number of imidazole rings is 1. The molecule has 1 amide bonds. The van der Waals surface area contributed by atoms with Crippen molar-refractivity contribution in [2.75, 3.05) is 51.2 Å². The predicted molar refractivity (Wildman–Crippen MR) is 172 cm³/mol. The van der Waals surface area contributed by atoms with Crippen LogP contribution in [0.2, 0.25) is 0 Å². The summed E-state index contributed by atoms with van der Waals surface area (Å²) < 4.78 is 36.5. The Balaban J connectivity index is 1.02. The Bertz CT molecular complexity index is 1880. The first-order chi connectivity index (χ1) is 22.3. The predicted octanol–water partition coefficient (Wildman–Crippen LogP) is 4.85. The van der Waals surface area contributed by atoms with Crippen molar-refractivity contribution in [1.82, 2.24) is 29.5 Å². The molecule has 3 aliphatic heterocycles. The van der Waals surface area contributed by atoms with Crippen LogP contribution in [-0.4, -0.2) is 76.0 Å². The van der Waals surface area contributed by atoms with Gasteiger partial charge in [0.05, 0.1) is 11.9 Å². The second-order valence-corrected chi connectivity index (χ2v) is 12.5. The highest BCUT2D eigenvalue weighted by molar-refractivity contribution is 5.80. The first-order valence-electron chi connectivity index (χ1n) is 15.4. The number of carbonyl (C=O) groups is 1. The molecule has 5 heterocycles. The fraction of sp³-hybridized carbons (Fsp3) is 0.343. The van der Waals surface area contributed by atoms with Crippen LogP contribution in [0.15, 0.2) is 55.5 Å². The number of aryl methyl sites for hydroxylation is 1. The minimum Gasteiger partial charge on any atom is -0.478 e. The van der Waals surface area contributed by atoms with E-state index in [0.29, 0.717) is 28.5 Å². The smallest absolute Gasteiger partial charge is 0.225 e. The maximum absolute atomic E-state index is 15.0. The lowest BCUT2D eigenvalue weighted by atomic mass is 9.73. The Morgan fingerprint density at radius 2 is 1.93 bits per heavy atom. The van der Waals surface area contributed by atoms with Crippen LogP contribution in [0, 0.1) is 42.2 Å². The van der Waals surface area contributed by atoms with Crippen LogP contribution in [-0.2, 0) is 4.79 Å².